The molecule has 0 atom stereocenters. The Kier molecular flexibility index (Phi) is 2.07. The molecule has 2 aromatic rings. The monoisotopic (exact) mass is 210 g/mol. The van der Waals surface area contributed by atoms with Gasteiger partial charge in [0, 0.05) is 17.1 Å². The average molecular weight is 210 g/mol. The van der Waals surface area contributed by atoms with Gasteiger partial charge in [-0.25, -0.2) is 0 Å². The topological polar surface area (TPSA) is 38.0 Å². The summed E-state index contributed by atoms with van der Waals surface area (Å²) < 4.78 is 0. The van der Waals surface area contributed by atoms with Gasteiger partial charge >= 0.3 is 0 Å². The molecule has 0 aromatic heterocycles. The van der Waals surface area contributed by atoms with Crippen LogP contribution in [0.2, 0.25) is 0 Å². The molecular formula is C14H14N2. The first-order valence-electron chi connectivity index (χ1n) is 5.57. The molecule has 0 radical (unpaired) electrons. The Bertz CT molecular complexity index is 532. The van der Waals surface area contributed by atoms with E-state index in [0.29, 0.717) is 0 Å². The molecular weight excluding hydrogens is 196 g/mol. The third-order valence-electron chi connectivity index (χ3n) is 3.14. The molecule has 0 saturated heterocycles. The molecule has 0 saturated carbocycles. The Balaban J connectivity index is 2.12. The summed E-state index contributed by atoms with van der Waals surface area (Å²) in [6, 6.07) is 14.5. The van der Waals surface area contributed by atoms with E-state index in [1.54, 1.807) is 0 Å². The van der Waals surface area contributed by atoms with E-state index in [1.807, 2.05) is 12.1 Å². The predicted octanol–water partition coefficient (Wildman–Crippen LogP) is 3.11. The molecule has 2 heteroatoms. The largest absolute Gasteiger partial charge is 0.398 e. The maximum absolute atomic E-state index is 6.01. The quantitative estimate of drug-likeness (QED) is 0.656. The van der Waals surface area contributed by atoms with Crippen molar-refractivity contribution in [1.29, 1.82) is 0 Å². The normalized spacial score (nSPS) is 13.2. The third kappa shape index (κ3) is 1.43. The summed E-state index contributed by atoms with van der Waals surface area (Å²) in [5.41, 5.74) is 11.8. The van der Waals surface area contributed by atoms with Gasteiger partial charge in [-0.15, -0.1) is 0 Å². The lowest BCUT2D eigenvalue weighted by Crippen LogP contribution is -1.97. The molecule has 1 aliphatic heterocycles. The first-order chi connectivity index (χ1) is 7.84. The minimum atomic E-state index is 0.887. The molecule has 0 bridgehead atoms. The summed E-state index contributed by atoms with van der Waals surface area (Å²) in [6.07, 6.45) is 2.05. The summed E-state index contributed by atoms with van der Waals surface area (Å²) in [6.45, 7) is 0. The van der Waals surface area contributed by atoms with Crippen LogP contribution in [0.3, 0.4) is 0 Å². The maximum Gasteiger partial charge on any atom is 0.0437 e. The first kappa shape index (κ1) is 9.28. The highest BCUT2D eigenvalue weighted by molar-refractivity contribution is 5.73. The smallest absolute Gasteiger partial charge is 0.0437 e. The van der Waals surface area contributed by atoms with Crippen molar-refractivity contribution in [1.82, 2.24) is 0 Å². The number of nitrogens with one attached hydrogen (secondary N) is 1. The average Bonchev–Trinajstić information content (AvgIpc) is 2.48. The number of hydrogen-bond donors (Lipinski definition) is 2. The standard InChI is InChI=1S/C14H14N2/c15-12-5-3-7-14-11(12)9-8-10-4-1-2-6-13(10)16-14/h1-7,16H,8-9,15H2. The molecule has 2 aromatic carbocycles. The van der Waals surface area contributed by atoms with E-state index in [9.17, 15) is 0 Å². The van der Waals surface area contributed by atoms with E-state index in [0.717, 1.165) is 24.2 Å². The highest BCUT2D eigenvalue weighted by Gasteiger charge is 2.13. The zero-order valence-electron chi connectivity index (χ0n) is 9.03. The molecule has 0 amide bonds. The number of aryl methyl sites for hydroxylation is 1. The van der Waals surface area contributed by atoms with Gasteiger partial charge in [0.25, 0.3) is 0 Å². The number of nitrogen functional groups attached to an aromatic ring is 1. The van der Waals surface area contributed by atoms with Crippen molar-refractivity contribution in [3.05, 3.63) is 53.6 Å². The van der Waals surface area contributed by atoms with E-state index >= 15 is 0 Å². The maximum atomic E-state index is 6.01. The van der Waals surface area contributed by atoms with Crippen molar-refractivity contribution in [2.24, 2.45) is 0 Å². The van der Waals surface area contributed by atoms with Crippen molar-refractivity contribution < 1.29 is 0 Å². The van der Waals surface area contributed by atoms with E-state index in [2.05, 4.69) is 35.6 Å². The van der Waals surface area contributed by atoms with Crippen molar-refractivity contribution in [3.8, 4) is 0 Å². The highest BCUT2D eigenvalue weighted by Crippen LogP contribution is 2.32. The van der Waals surface area contributed by atoms with Crippen LogP contribution in [0, 0.1) is 0 Å². The number of nitrogens with two attached hydrogens (primary N) is 1. The van der Waals surface area contributed by atoms with Crippen LogP contribution < -0.4 is 11.1 Å². The first-order valence-corrected chi connectivity index (χ1v) is 5.57. The minimum Gasteiger partial charge on any atom is -0.398 e. The van der Waals surface area contributed by atoms with Crippen molar-refractivity contribution in [2.75, 3.05) is 11.1 Å². The molecule has 0 unspecified atom stereocenters. The van der Waals surface area contributed by atoms with Crippen molar-refractivity contribution >= 4 is 17.1 Å². The van der Waals surface area contributed by atoms with E-state index in [1.165, 1.54) is 16.8 Å². The molecule has 1 aliphatic rings. The number of anilines is 3. The van der Waals surface area contributed by atoms with Crippen LogP contribution in [-0.4, -0.2) is 0 Å². The van der Waals surface area contributed by atoms with Gasteiger partial charge in [0.15, 0.2) is 0 Å². The number of benzene rings is 2. The Labute approximate surface area is 95.1 Å². The molecule has 2 nitrogen and oxygen atoms in total. The second-order valence-electron chi connectivity index (χ2n) is 4.16. The molecule has 16 heavy (non-hydrogen) atoms. The fourth-order valence-electron chi connectivity index (χ4n) is 2.27. The summed E-state index contributed by atoms with van der Waals surface area (Å²) in [4.78, 5) is 0. The van der Waals surface area contributed by atoms with Gasteiger partial charge in [-0.05, 0) is 42.2 Å². The van der Waals surface area contributed by atoms with E-state index in [4.69, 9.17) is 5.73 Å². The Morgan fingerprint density at radius 1 is 0.875 bits per heavy atom. The van der Waals surface area contributed by atoms with Crippen LogP contribution in [-0.2, 0) is 12.8 Å². The lowest BCUT2D eigenvalue weighted by atomic mass is 10.0. The second-order valence-corrected chi connectivity index (χ2v) is 4.16. The minimum absolute atomic E-state index is 0.887. The van der Waals surface area contributed by atoms with Gasteiger partial charge in [0.05, 0.1) is 0 Å². The van der Waals surface area contributed by atoms with Gasteiger partial charge in [-0.2, -0.15) is 0 Å². The summed E-state index contributed by atoms with van der Waals surface area (Å²) in [7, 11) is 0. The summed E-state index contributed by atoms with van der Waals surface area (Å²) in [5.74, 6) is 0. The van der Waals surface area contributed by atoms with Gasteiger partial charge in [-0.1, -0.05) is 24.3 Å². The van der Waals surface area contributed by atoms with Crippen LogP contribution in [0.4, 0.5) is 17.1 Å². The lowest BCUT2D eigenvalue weighted by molar-refractivity contribution is 0.980. The van der Waals surface area contributed by atoms with E-state index < -0.39 is 0 Å². The molecule has 0 fully saturated rings. The Morgan fingerprint density at radius 2 is 1.69 bits per heavy atom. The van der Waals surface area contributed by atoms with E-state index in [-0.39, 0.29) is 0 Å². The number of fused-ring (bicyclic) bond motifs is 2. The van der Waals surface area contributed by atoms with Gasteiger partial charge < -0.3 is 11.1 Å². The fourth-order valence-corrected chi connectivity index (χ4v) is 2.27. The Hall–Kier alpha value is -1.96. The van der Waals surface area contributed by atoms with Gasteiger partial charge in [0.2, 0.25) is 0 Å². The zero-order chi connectivity index (χ0) is 11.0. The van der Waals surface area contributed by atoms with Crippen LogP contribution >= 0.6 is 0 Å². The summed E-state index contributed by atoms with van der Waals surface area (Å²) >= 11 is 0. The molecule has 3 N–H and O–H groups in total. The fraction of sp³-hybridized carbons (Fsp3) is 0.143. The number of hydrogen-bond acceptors (Lipinski definition) is 2. The zero-order valence-corrected chi connectivity index (χ0v) is 9.03. The highest BCUT2D eigenvalue weighted by atomic mass is 14.9. The van der Waals surface area contributed by atoms with Crippen LogP contribution in [0.25, 0.3) is 0 Å². The van der Waals surface area contributed by atoms with Gasteiger partial charge in [-0.3, -0.25) is 0 Å². The summed E-state index contributed by atoms with van der Waals surface area (Å²) in [5, 5.41) is 3.46. The molecule has 80 valence electrons. The molecule has 0 aliphatic carbocycles. The number of para-hydroxylation sites is 1. The third-order valence-corrected chi connectivity index (χ3v) is 3.14. The lowest BCUT2D eigenvalue weighted by Gasteiger charge is -2.10. The number of rotatable bonds is 0. The van der Waals surface area contributed by atoms with Crippen molar-refractivity contribution in [2.45, 2.75) is 12.8 Å². The predicted molar refractivity (Wildman–Crippen MR) is 68.0 cm³/mol. The molecule has 0 spiro atoms. The molecule has 1 heterocycles. The second kappa shape index (κ2) is 3.56. The van der Waals surface area contributed by atoms with Crippen LogP contribution in [0.15, 0.2) is 42.5 Å². The SMILES string of the molecule is Nc1cccc2c1CCc1ccccc1N2. The van der Waals surface area contributed by atoms with Crippen LogP contribution in [0.5, 0.6) is 0 Å². The molecule has 3 rings (SSSR count). The van der Waals surface area contributed by atoms with Crippen molar-refractivity contribution in [3.63, 3.8) is 0 Å². The van der Waals surface area contributed by atoms with Gasteiger partial charge in [0.1, 0.15) is 0 Å². The van der Waals surface area contributed by atoms with Crippen LogP contribution in [0.1, 0.15) is 11.1 Å². The Morgan fingerprint density at radius 3 is 2.62 bits per heavy atom.